The van der Waals surface area contributed by atoms with Gasteiger partial charge in [-0.25, -0.2) is 9.97 Å². The van der Waals surface area contributed by atoms with Gasteiger partial charge < -0.3 is 11.1 Å². The molecule has 7 heteroatoms. The number of anilines is 2. The van der Waals surface area contributed by atoms with E-state index in [-0.39, 0.29) is 0 Å². The van der Waals surface area contributed by atoms with Crippen molar-refractivity contribution >= 4 is 46.6 Å². The van der Waals surface area contributed by atoms with Gasteiger partial charge in [-0.05, 0) is 30.5 Å². The maximum atomic E-state index is 5.77. The highest BCUT2D eigenvalue weighted by molar-refractivity contribution is 7.98. The molecule has 0 atom stereocenters. The number of halogens is 2. The van der Waals surface area contributed by atoms with Crippen LogP contribution in [-0.2, 0) is 0 Å². The van der Waals surface area contributed by atoms with E-state index in [0.717, 1.165) is 23.1 Å². The number of hydrogen-bond donors (Lipinski definition) is 2. The molecule has 0 fully saturated rings. The van der Waals surface area contributed by atoms with E-state index in [4.69, 9.17) is 28.9 Å². The molecule has 0 aliphatic rings. The van der Waals surface area contributed by atoms with E-state index in [1.807, 2.05) is 6.07 Å². The number of nitrogens with two attached hydrogens (primary N) is 1. The standard InChI is InChI=1S/C8H11ClN2S.C5H5ClN2/c1-12-5-4-11-8-6-7(9)2-3-10-8;6-4-1-2-8-5(7)3-4/h2-3,6H,4-5H2,1H3,(H,10,11);1-3H,(H2,7,8). The van der Waals surface area contributed by atoms with Gasteiger partial charge in [-0.3, -0.25) is 0 Å². The maximum Gasteiger partial charge on any atom is 0.127 e. The molecule has 0 saturated carbocycles. The van der Waals surface area contributed by atoms with Crippen molar-refractivity contribution in [2.75, 3.05) is 29.6 Å². The molecule has 108 valence electrons. The van der Waals surface area contributed by atoms with Gasteiger partial charge in [-0.2, -0.15) is 11.8 Å². The monoisotopic (exact) mass is 330 g/mol. The van der Waals surface area contributed by atoms with Crippen LogP contribution in [0.5, 0.6) is 0 Å². The van der Waals surface area contributed by atoms with Crippen molar-refractivity contribution in [2.45, 2.75) is 0 Å². The van der Waals surface area contributed by atoms with Crippen LogP contribution in [0.15, 0.2) is 36.7 Å². The van der Waals surface area contributed by atoms with Crippen molar-refractivity contribution in [2.24, 2.45) is 0 Å². The molecule has 2 rings (SSSR count). The molecule has 2 aromatic heterocycles. The van der Waals surface area contributed by atoms with Crippen LogP contribution >= 0.6 is 35.0 Å². The van der Waals surface area contributed by atoms with E-state index >= 15 is 0 Å². The lowest BCUT2D eigenvalue weighted by Gasteiger charge is -2.03. The molecule has 0 unspecified atom stereocenters. The smallest absolute Gasteiger partial charge is 0.127 e. The Bertz CT molecular complexity index is 508. The van der Waals surface area contributed by atoms with E-state index < -0.39 is 0 Å². The molecule has 20 heavy (non-hydrogen) atoms. The summed E-state index contributed by atoms with van der Waals surface area (Å²) in [5.74, 6) is 2.38. The van der Waals surface area contributed by atoms with Crippen molar-refractivity contribution < 1.29 is 0 Å². The number of pyridine rings is 2. The van der Waals surface area contributed by atoms with Gasteiger partial charge >= 0.3 is 0 Å². The second-order valence-electron chi connectivity index (χ2n) is 3.68. The van der Waals surface area contributed by atoms with Gasteiger partial charge in [-0.15, -0.1) is 0 Å². The number of nitrogens with zero attached hydrogens (tertiary/aromatic N) is 2. The van der Waals surface area contributed by atoms with E-state index in [2.05, 4.69) is 21.5 Å². The molecule has 4 nitrogen and oxygen atoms in total. The molecule has 0 bridgehead atoms. The first kappa shape index (κ1) is 16.9. The number of nitrogen functional groups attached to an aromatic ring is 1. The molecular weight excluding hydrogens is 315 g/mol. The van der Waals surface area contributed by atoms with E-state index in [1.54, 1.807) is 42.4 Å². The molecule has 2 aromatic rings. The molecule has 3 N–H and O–H groups in total. The highest BCUT2D eigenvalue weighted by atomic mass is 35.5. The Morgan fingerprint density at radius 2 is 1.80 bits per heavy atom. The molecule has 2 heterocycles. The Morgan fingerprint density at radius 1 is 1.15 bits per heavy atom. The number of thioether (sulfide) groups is 1. The highest BCUT2D eigenvalue weighted by Gasteiger charge is 1.92. The summed E-state index contributed by atoms with van der Waals surface area (Å²) in [4.78, 5) is 7.84. The molecule has 0 aliphatic heterocycles. The predicted molar refractivity (Wildman–Crippen MR) is 89.8 cm³/mol. The first-order valence-corrected chi connectivity index (χ1v) is 7.98. The SMILES string of the molecule is CSCCNc1cc(Cl)ccn1.Nc1cc(Cl)ccn1. The average Bonchev–Trinajstić information content (AvgIpc) is 2.39. The topological polar surface area (TPSA) is 63.8 Å². The van der Waals surface area contributed by atoms with E-state index in [9.17, 15) is 0 Å². The van der Waals surface area contributed by atoms with Gasteiger partial charge in [0.25, 0.3) is 0 Å². The summed E-state index contributed by atoms with van der Waals surface area (Å²) in [6.45, 7) is 0.925. The molecule has 0 saturated heterocycles. The summed E-state index contributed by atoms with van der Waals surface area (Å²) in [6, 6.07) is 6.86. The maximum absolute atomic E-state index is 5.77. The van der Waals surface area contributed by atoms with Crippen molar-refractivity contribution in [3.8, 4) is 0 Å². The van der Waals surface area contributed by atoms with Crippen molar-refractivity contribution in [3.63, 3.8) is 0 Å². The predicted octanol–water partition coefficient (Wildman–Crippen LogP) is 3.83. The summed E-state index contributed by atoms with van der Waals surface area (Å²) < 4.78 is 0. The Labute approximate surface area is 133 Å². The van der Waals surface area contributed by atoms with Crippen LogP contribution in [-0.4, -0.2) is 28.5 Å². The second kappa shape index (κ2) is 9.69. The summed E-state index contributed by atoms with van der Waals surface area (Å²) in [5.41, 5.74) is 5.26. The largest absolute Gasteiger partial charge is 0.384 e. The molecule has 0 aromatic carbocycles. The van der Waals surface area contributed by atoms with Gasteiger partial charge in [0.15, 0.2) is 0 Å². The van der Waals surface area contributed by atoms with Crippen LogP contribution < -0.4 is 11.1 Å². The van der Waals surface area contributed by atoms with E-state index in [0.29, 0.717) is 10.8 Å². The van der Waals surface area contributed by atoms with E-state index in [1.165, 1.54) is 0 Å². The average molecular weight is 331 g/mol. The number of rotatable bonds is 4. The number of hydrogen-bond acceptors (Lipinski definition) is 5. The highest BCUT2D eigenvalue weighted by Crippen LogP contribution is 2.11. The van der Waals surface area contributed by atoms with Gasteiger partial charge in [0.05, 0.1) is 0 Å². The summed E-state index contributed by atoms with van der Waals surface area (Å²) in [5, 5.41) is 4.51. The third-order valence-electron chi connectivity index (χ3n) is 2.08. The number of nitrogens with one attached hydrogen (secondary N) is 1. The normalized spacial score (nSPS) is 9.55. The van der Waals surface area contributed by atoms with Crippen LogP contribution in [0.2, 0.25) is 10.0 Å². The lowest BCUT2D eigenvalue weighted by Crippen LogP contribution is -2.04. The Hall–Kier alpha value is -1.17. The first-order valence-electron chi connectivity index (χ1n) is 5.83. The zero-order chi connectivity index (χ0) is 14.8. The third kappa shape index (κ3) is 7.43. The van der Waals surface area contributed by atoms with Gasteiger partial charge in [0.2, 0.25) is 0 Å². The molecule has 0 radical (unpaired) electrons. The van der Waals surface area contributed by atoms with Crippen molar-refractivity contribution in [1.29, 1.82) is 0 Å². The zero-order valence-electron chi connectivity index (χ0n) is 11.0. The zero-order valence-corrected chi connectivity index (χ0v) is 13.3. The minimum Gasteiger partial charge on any atom is -0.384 e. The first-order chi connectivity index (χ1) is 9.61. The van der Waals surface area contributed by atoms with Crippen molar-refractivity contribution in [3.05, 3.63) is 46.7 Å². The Balaban J connectivity index is 0.000000217. The second-order valence-corrected chi connectivity index (χ2v) is 5.54. The van der Waals surface area contributed by atoms with Crippen LogP contribution in [0.1, 0.15) is 0 Å². The molecule has 0 aliphatic carbocycles. The minimum absolute atomic E-state index is 0.456. The van der Waals surface area contributed by atoms with Gasteiger partial charge in [0.1, 0.15) is 11.6 Å². The minimum atomic E-state index is 0.456. The summed E-state index contributed by atoms with van der Waals surface area (Å²) in [7, 11) is 0. The van der Waals surface area contributed by atoms with Crippen LogP contribution in [0.25, 0.3) is 0 Å². The summed E-state index contributed by atoms with van der Waals surface area (Å²) >= 11 is 13.1. The van der Waals surface area contributed by atoms with Gasteiger partial charge in [-0.1, -0.05) is 23.2 Å². The van der Waals surface area contributed by atoms with Crippen LogP contribution in [0, 0.1) is 0 Å². The lowest BCUT2D eigenvalue weighted by atomic mass is 10.4. The Kier molecular flexibility index (Phi) is 8.18. The molecule has 0 spiro atoms. The number of aromatic nitrogens is 2. The fourth-order valence-electron chi connectivity index (χ4n) is 1.20. The lowest BCUT2D eigenvalue weighted by molar-refractivity contribution is 1.17. The van der Waals surface area contributed by atoms with Gasteiger partial charge in [0, 0.05) is 34.7 Å². The van der Waals surface area contributed by atoms with Crippen LogP contribution in [0.4, 0.5) is 11.6 Å². The molecular formula is C13H16Cl2N4S. The van der Waals surface area contributed by atoms with Crippen molar-refractivity contribution in [1.82, 2.24) is 9.97 Å². The fraction of sp³-hybridized carbons (Fsp3) is 0.231. The summed E-state index contributed by atoms with van der Waals surface area (Å²) in [6.07, 6.45) is 5.34. The third-order valence-corrected chi connectivity index (χ3v) is 3.16. The molecule has 0 amide bonds. The van der Waals surface area contributed by atoms with Crippen LogP contribution in [0.3, 0.4) is 0 Å². The quantitative estimate of drug-likeness (QED) is 0.834. The fourth-order valence-corrected chi connectivity index (χ4v) is 1.84. The Morgan fingerprint density at radius 3 is 2.30 bits per heavy atom.